The fourth-order valence-electron chi connectivity index (χ4n) is 1.69. The summed E-state index contributed by atoms with van der Waals surface area (Å²) in [6.45, 7) is 0.437. The minimum absolute atomic E-state index is 0.147. The summed E-state index contributed by atoms with van der Waals surface area (Å²) in [5.41, 5.74) is 1.28. The van der Waals surface area contributed by atoms with Gasteiger partial charge in [0, 0.05) is 18.1 Å². The first-order valence-corrected chi connectivity index (χ1v) is 6.54. The lowest BCUT2D eigenvalue weighted by Crippen LogP contribution is -2.26. The van der Waals surface area contributed by atoms with Crippen molar-refractivity contribution in [1.82, 2.24) is 9.88 Å². The first kappa shape index (κ1) is 13.9. The second-order valence-electron chi connectivity index (χ2n) is 4.15. The molecule has 0 spiro atoms. The molecular weight excluding hydrogens is 280 g/mol. The van der Waals surface area contributed by atoms with Crippen molar-refractivity contribution in [3.05, 3.63) is 58.9 Å². The highest BCUT2D eigenvalue weighted by atomic mass is 35.5. The Kier molecular flexibility index (Phi) is 4.45. The molecule has 0 unspecified atom stereocenters. The van der Waals surface area contributed by atoms with Crippen LogP contribution in [0.15, 0.2) is 47.5 Å². The van der Waals surface area contributed by atoms with Gasteiger partial charge in [0.15, 0.2) is 0 Å². The lowest BCUT2D eigenvalue weighted by molar-refractivity contribution is 0.0783. The summed E-state index contributed by atoms with van der Waals surface area (Å²) in [5, 5.41) is 0.427. The van der Waals surface area contributed by atoms with Crippen molar-refractivity contribution in [2.45, 2.75) is 11.4 Å². The third-order valence-corrected chi connectivity index (χ3v) is 3.26. The fourth-order valence-corrected chi connectivity index (χ4v) is 2.09. The zero-order valence-electron chi connectivity index (χ0n) is 10.4. The first-order valence-electron chi connectivity index (χ1n) is 5.72. The van der Waals surface area contributed by atoms with Crippen molar-refractivity contribution in [3.63, 3.8) is 0 Å². The first-order chi connectivity index (χ1) is 9.08. The highest BCUT2D eigenvalue weighted by Gasteiger charge is 2.15. The van der Waals surface area contributed by atoms with Crippen LogP contribution in [0, 0.1) is 0 Å². The molecule has 0 aliphatic heterocycles. The largest absolute Gasteiger partial charge is 0.336 e. The lowest BCUT2D eigenvalue weighted by atomic mass is 10.2. The highest BCUT2D eigenvalue weighted by molar-refractivity contribution is 7.80. The number of thiol groups is 1. The van der Waals surface area contributed by atoms with Crippen LogP contribution in [-0.4, -0.2) is 22.8 Å². The molecule has 2 rings (SSSR count). The Morgan fingerprint density at radius 3 is 2.84 bits per heavy atom. The molecule has 19 heavy (non-hydrogen) atoms. The number of nitrogens with zero attached hydrogens (tertiary/aromatic N) is 2. The fraction of sp³-hybridized carbons (Fsp3) is 0.143. The maximum atomic E-state index is 12.3. The number of carbonyl (C=O) groups is 1. The van der Waals surface area contributed by atoms with Gasteiger partial charge in [0.1, 0.15) is 0 Å². The van der Waals surface area contributed by atoms with E-state index in [0.29, 0.717) is 22.0 Å². The molecular formula is C14H13ClN2OS. The second-order valence-corrected chi connectivity index (χ2v) is 5.07. The molecule has 0 bridgehead atoms. The number of rotatable bonds is 3. The number of pyridine rings is 1. The van der Waals surface area contributed by atoms with E-state index in [4.69, 9.17) is 11.6 Å². The number of benzene rings is 1. The molecule has 0 saturated heterocycles. The minimum atomic E-state index is -0.147. The zero-order valence-corrected chi connectivity index (χ0v) is 12.0. The Labute approximate surface area is 122 Å². The molecule has 98 valence electrons. The summed E-state index contributed by atoms with van der Waals surface area (Å²) in [6.07, 6.45) is 1.70. The Bertz CT molecular complexity index is 589. The third kappa shape index (κ3) is 3.49. The van der Waals surface area contributed by atoms with Gasteiger partial charge >= 0.3 is 0 Å². The molecule has 5 heteroatoms. The van der Waals surface area contributed by atoms with Crippen LogP contribution in [0.1, 0.15) is 16.1 Å². The lowest BCUT2D eigenvalue weighted by Gasteiger charge is -2.17. The summed E-state index contributed by atoms with van der Waals surface area (Å²) in [6, 6.07) is 10.7. The van der Waals surface area contributed by atoms with Crippen molar-refractivity contribution in [2.75, 3.05) is 7.05 Å². The van der Waals surface area contributed by atoms with Gasteiger partial charge < -0.3 is 4.90 Å². The molecule has 0 radical (unpaired) electrons. The van der Waals surface area contributed by atoms with Gasteiger partial charge in [-0.25, -0.2) is 0 Å². The summed E-state index contributed by atoms with van der Waals surface area (Å²) in [4.78, 5) is 18.8. The average molecular weight is 293 g/mol. The van der Waals surface area contributed by atoms with E-state index in [0.717, 1.165) is 5.69 Å². The second kappa shape index (κ2) is 6.08. The monoisotopic (exact) mass is 292 g/mol. The number of carbonyl (C=O) groups excluding carboxylic acids is 1. The van der Waals surface area contributed by atoms with E-state index >= 15 is 0 Å². The van der Waals surface area contributed by atoms with Crippen molar-refractivity contribution >= 4 is 30.1 Å². The molecule has 0 fully saturated rings. The molecule has 1 aromatic heterocycles. The van der Waals surface area contributed by atoms with Crippen molar-refractivity contribution in [2.24, 2.45) is 0 Å². The normalized spacial score (nSPS) is 10.3. The number of hydrogen-bond donors (Lipinski definition) is 1. The van der Waals surface area contributed by atoms with Crippen LogP contribution in [-0.2, 0) is 6.54 Å². The Hall–Kier alpha value is -1.52. The minimum Gasteiger partial charge on any atom is -0.336 e. The van der Waals surface area contributed by atoms with Gasteiger partial charge in [0.2, 0.25) is 0 Å². The van der Waals surface area contributed by atoms with Crippen LogP contribution >= 0.6 is 24.2 Å². The summed E-state index contributed by atoms with van der Waals surface area (Å²) in [5.74, 6) is -0.147. The molecule has 0 atom stereocenters. The maximum absolute atomic E-state index is 12.3. The number of halogens is 1. The van der Waals surface area contributed by atoms with E-state index in [1.165, 1.54) is 0 Å². The molecule has 0 saturated carbocycles. The van der Waals surface area contributed by atoms with E-state index < -0.39 is 0 Å². The van der Waals surface area contributed by atoms with Crippen LogP contribution in [0.4, 0.5) is 0 Å². The average Bonchev–Trinajstić information content (AvgIpc) is 2.42. The van der Waals surface area contributed by atoms with Gasteiger partial charge in [-0.2, -0.15) is 0 Å². The summed E-state index contributed by atoms with van der Waals surface area (Å²) in [7, 11) is 1.72. The van der Waals surface area contributed by atoms with Crippen LogP contribution < -0.4 is 0 Å². The van der Waals surface area contributed by atoms with Crippen molar-refractivity contribution < 1.29 is 4.79 Å². The molecule has 0 aliphatic rings. The quantitative estimate of drug-likeness (QED) is 0.881. The van der Waals surface area contributed by atoms with E-state index in [1.54, 1.807) is 36.3 Å². The third-order valence-electron chi connectivity index (χ3n) is 2.65. The van der Waals surface area contributed by atoms with Gasteiger partial charge in [-0.15, -0.1) is 12.6 Å². The van der Waals surface area contributed by atoms with E-state index in [2.05, 4.69) is 17.6 Å². The predicted molar refractivity (Wildman–Crippen MR) is 78.7 cm³/mol. The standard InChI is InChI=1S/C14H13ClN2OS/c1-17(9-10-4-2-3-7-16-10)14(18)12-8-11(19)5-6-13(12)15/h2-8,19H,9H2,1H3. The van der Waals surface area contributed by atoms with Gasteiger partial charge in [-0.1, -0.05) is 17.7 Å². The maximum Gasteiger partial charge on any atom is 0.255 e. The molecule has 1 amide bonds. The van der Waals surface area contributed by atoms with Crippen LogP contribution in [0.5, 0.6) is 0 Å². The van der Waals surface area contributed by atoms with E-state index in [-0.39, 0.29) is 5.91 Å². The van der Waals surface area contributed by atoms with Crippen molar-refractivity contribution in [3.8, 4) is 0 Å². The number of aromatic nitrogens is 1. The summed E-state index contributed by atoms with van der Waals surface area (Å²) >= 11 is 10.3. The summed E-state index contributed by atoms with van der Waals surface area (Å²) < 4.78 is 0. The van der Waals surface area contributed by atoms with Gasteiger partial charge in [-0.05, 0) is 30.3 Å². The van der Waals surface area contributed by atoms with Gasteiger partial charge in [-0.3, -0.25) is 9.78 Å². The van der Waals surface area contributed by atoms with Gasteiger partial charge in [0.05, 0.1) is 22.8 Å². The molecule has 0 N–H and O–H groups in total. The molecule has 1 aromatic carbocycles. The zero-order chi connectivity index (χ0) is 13.8. The SMILES string of the molecule is CN(Cc1ccccn1)C(=O)c1cc(S)ccc1Cl. The van der Waals surface area contributed by atoms with Crippen LogP contribution in [0.25, 0.3) is 0 Å². The molecule has 1 heterocycles. The number of hydrogen-bond acceptors (Lipinski definition) is 3. The predicted octanol–water partition coefficient (Wildman–Crippen LogP) is 3.30. The van der Waals surface area contributed by atoms with Crippen LogP contribution in [0.2, 0.25) is 5.02 Å². The molecule has 2 aromatic rings. The highest BCUT2D eigenvalue weighted by Crippen LogP contribution is 2.21. The smallest absolute Gasteiger partial charge is 0.255 e. The number of amides is 1. The van der Waals surface area contributed by atoms with Gasteiger partial charge in [0.25, 0.3) is 5.91 Å². The Morgan fingerprint density at radius 1 is 1.37 bits per heavy atom. The molecule has 3 nitrogen and oxygen atoms in total. The Balaban J connectivity index is 2.17. The topological polar surface area (TPSA) is 33.2 Å². The molecule has 0 aliphatic carbocycles. The van der Waals surface area contributed by atoms with Crippen molar-refractivity contribution in [1.29, 1.82) is 0 Å². The van der Waals surface area contributed by atoms with E-state index in [9.17, 15) is 4.79 Å². The Morgan fingerprint density at radius 2 is 2.16 bits per heavy atom. The van der Waals surface area contributed by atoms with Crippen LogP contribution in [0.3, 0.4) is 0 Å². The van der Waals surface area contributed by atoms with E-state index in [1.807, 2.05) is 18.2 Å².